The molecule has 8 heteroatoms. The number of rotatable bonds is 7. The summed E-state index contributed by atoms with van der Waals surface area (Å²) in [6.45, 7) is 4.51. The van der Waals surface area contributed by atoms with Crippen molar-refractivity contribution < 1.29 is 14.3 Å². The van der Waals surface area contributed by atoms with E-state index in [1.807, 2.05) is 48.5 Å². The number of para-hydroxylation sites is 1. The van der Waals surface area contributed by atoms with Crippen molar-refractivity contribution in [3.05, 3.63) is 90.1 Å². The second-order valence-corrected chi connectivity index (χ2v) is 8.54. The van der Waals surface area contributed by atoms with Crippen molar-refractivity contribution >= 4 is 34.2 Å². The molecule has 1 amide bonds. The second-order valence-electron chi connectivity index (χ2n) is 8.54. The highest BCUT2D eigenvalue weighted by Crippen LogP contribution is 2.20. The molecular weight excluding hydrogens is 442 g/mol. The minimum atomic E-state index is -0.639. The molecule has 4 aromatic rings. The van der Waals surface area contributed by atoms with Gasteiger partial charge in [-0.1, -0.05) is 48.5 Å². The summed E-state index contributed by atoms with van der Waals surface area (Å²) in [4.78, 5) is 29.4. The van der Waals surface area contributed by atoms with E-state index >= 15 is 0 Å². The van der Waals surface area contributed by atoms with E-state index in [0.717, 1.165) is 43.9 Å². The molecule has 8 nitrogen and oxygen atoms in total. The number of nitrogens with one attached hydrogen (secondary N) is 2. The number of nitrogens with zero attached hydrogens (tertiary/aromatic N) is 3. The number of aromatic nitrogens is 2. The van der Waals surface area contributed by atoms with E-state index in [0.29, 0.717) is 11.1 Å². The third-order valence-corrected chi connectivity index (χ3v) is 6.14. The lowest BCUT2D eigenvalue weighted by atomic mass is 10.2. The van der Waals surface area contributed by atoms with Crippen molar-refractivity contribution in [2.45, 2.75) is 6.54 Å². The fourth-order valence-electron chi connectivity index (χ4n) is 4.28. The molecule has 35 heavy (non-hydrogen) atoms. The van der Waals surface area contributed by atoms with Crippen LogP contribution in [0.2, 0.25) is 0 Å². The van der Waals surface area contributed by atoms with Gasteiger partial charge in [0.2, 0.25) is 0 Å². The predicted molar refractivity (Wildman–Crippen MR) is 135 cm³/mol. The minimum Gasteiger partial charge on any atom is -0.451 e. The van der Waals surface area contributed by atoms with Crippen molar-refractivity contribution in [1.29, 1.82) is 0 Å². The van der Waals surface area contributed by atoms with Crippen LogP contribution in [0.5, 0.6) is 0 Å². The van der Waals surface area contributed by atoms with Crippen LogP contribution in [0.4, 0.5) is 11.4 Å². The first-order valence-electron chi connectivity index (χ1n) is 11.7. The third-order valence-electron chi connectivity index (χ3n) is 6.14. The van der Waals surface area contributed by atoms with Gasteiger partial charge < -0.3 is 15.0 Å². The summed E-state index contributed by atoms with van der Waals surface area (Å²) in [6.07, 6.45) is 0. The molecule has 2 heterocycles. The van der Waals surface area contributed by atoms with Crippen LogP contribution in [0.1, 0.15) is 16.1 Å². The molecule has 3 aromatic carbocycles. The minimum absolute atomic E-state index is 0.168. The summed E-state index contributed by atoms with van der Waals surface area (Å²) in [5.41, 5.74) is 4.02. The van der Waals surface area contributed by atoms with E-state index in [4.69, 9.17) is 4.74 Å². The van der Waals surface area contributed by atoms with Crippen molar-refractivity contribution in [2.24, 2.45) is 0 Å². The molecule has 1 aromatic heterocycles. The smallest absolute Gasteiger partial charge is 0.359 e. The molecule has 5 rings (SSSR count). The van der Waals surface area contributed by atoms with Gasteiger partial charge >= 0.3 is 5.97 Å². The van der Waals surface area contributed by atoms with Crippen molar-refractivity contribution in [3.8, 4) is 0 Å². The van der Waals surface area contributed by atoms with E-state index in [-0.39, 0.29) is 12.3 Å². The Bertz CT molecular complexity index is 1300. The first-order chi connectivity index (χ1) is 17.2. The number of amides is 1. The van der Waals surface area contributed by atoms with E-state index in [1.165, 1.54) is 5.56 Å². The summed E-state index contributed by atoms with van der Waals surface area (Å²) in [6, 6.07) is 25.5. The van der Waals surface area contributed by atoms with Gasteiger partial charge in [0.1, 0.15) is 0 Å². The fourth-order valence-corrected chi connectivity index (χ4v) is 4.28. The van der Waals surface area contributed by atoms with Crippen molar-refractivity contribution in [1.82, 2.24) is 15.1 Å². The second kappa shape index (κ2) is 10.4. The number of H-pyrrole nitrogens is 1. The number of piperazine rings is 1. The molecule has 0 spiro atoms. The van der Waals surface area contributed by atoms with E-state index in [9.17, 15) is 9.59 Å². The zero-order chi connectivity index (χ0) is 24.0. The Hall–Kier alpha value is -4.17. The summed E-state index contributed by atoms with van der Waals surface area (Å²) in [5.74, 6) is -1.04. The number of carbonyl (C=O) groups is 2. The molecule has 0 atom stereocenters. The van der Waals surface area contributed by atoms with Gasteiger partial charge in [0, 0.05) is 49.5 Å². The molecular formula is C27H27N5O3. The molecule has 1 aliphatic heterocycles. The predicted octanol–water partition coefficient (Wildman–Crippen LogP) is 3.68. The van der Waals surface area contributed by atoms with E-state index in [1.54, 1.807) is 6.07 Å². The van der Waals surface area contributed by atoms with Crippen molar-refractivity contribution in [2.75, 3.05) is 43.0 Å². The highest BCUT2D eigenvalue weighted by atomic mass is 16.5. The monoisotopic (exact) mass is 469 g/mol. The molecule has 0 bridgehead atoms. The van der Waals surface area contributed by atoms with Crippen LogP contribution in [0, 0.1) is 0 Å². The Balaban J connectivity index is 1.09. The molecule has 0 saturated carbocycles. The summed E-state index contributed by atoms with van der Waals surface area (Å²) < 4.78 is 5.15. The van der Waals surface area contributed by atoms with Crippen molar-refractivity contribution in [3.63, 3.8) is 0 Å². The molecule has 2 N–H and O–H groups in total. The Morgan fingerprint density at radius 3 is 2.37 bits per heavy atom. The fraction of sp³-hybridized carbons (Fsp3) is 0.222. The van der Waals surface area contributed by atoms with Gasteiger partial charge in [-0.05, 0) is 35.9 Å². The lowest BCUT2D eigenvalue weighted by molar-refractivity contribution is -0.119. The molecule has 0 aliphatic carbocycles. The van der Waals surface area contributed by atoms with Crippen LogP contribution in [0.25, 0.3) is 10.9 Å². The molecule has 178 valence electrons. The lowest BCUT2D eigenvalue weighted by Crippen LogP contribution is -2.45. The molecule has 1 fully saturated rings. The number of hydrogen-bond donors (Lipinski definition) is 2. The van der Waals surface area contributed by atoms with Crippen LogP contribution in [-0.4, -0.2) is 59.8 Å². The van der Waals surface area contributed by atoms with Gasteiger partial charge in [0.05, 0.1) is 5.52 Å². The maximum absolute atomic E-state index is 12.3. The average Bonchev–Trinajstić information content (AvgIpc) is 3.33. The zero-order valence-corrected chi connectivity index (χ0v) is 19.3. The van der Waals surface area contributed by atoms with Gasteiger partial charge in [0.25, 0.3) is 5.91 Å². The standard InChI is InChI=1S/C27H27N5O3/c33-25(19-35-27(34)26-23-8-4-5-9-24(23)29-30-26)28-21-10-12-22(13-11-21)32-16-14-31(15-17-32)18-20-6-2-1-3-7-20/h1-13H,14-19H2,(H,28,33)(H,29,30). The number of carbonyl (C=O) groups excluding carboxylic acids is 2. The number of hydrogen-bond acceptors (Lipinski definition) is 6. The first-order valence-corrected chi connectivity index (χ1v) is 11.7. The van der Waals surface area contributed by atoms with Crippen LogP contribution >= 0.6 is 0 Å². The van der Waals surface area contributed by atoms with Crippen LogP contribution in [-0.2, 0) is 16.1 Å². The maximum atomic E-state index is 12.3. The topological polar surface area (TPSA) is 90.6 Å². The average molecular weight is 470 g/mol. The molecule has 1 aliphatic rings. The molecule has 0 radical (unpaired) electrons. The van der Waals surface area contributed by atoms with Gasteiger partial charge in [-0.3, -0.25) is 14.8 Å². The SMILES string of the molecule is O=C(COC(=O)c1n[nH]c2ccccc12)Nc1ccc(N2CCN(Cc3ccccc3)CC2)cc1. The highest BCUT2D eigenvalue weighted by molar-refractivity contribution is 6.03. The Morgan fingerprint density at radius 2 is 1.60 bits per heavy atom. The zero-order valence-electron chi connectivity index (χ0n) is 19.3. The Labute approximate surface area is 203 Å². The number of ether oxygens (including phenoxy) is 1. The normalized spacial score (nSPS) is 14.1. The quantitative estimate of drug-likeness (QED) is 0.402. The number of esters is 1. The Kier molecular flexibility index (Phi) is 6.72. The summed E-state index contributed by atoms with van der Waals surface area (Å²) >= 11 is 0. The molecule has 1 saturated heterocycles. The van der Waals surface area contributed by atoms with Gasteiger partial charge in [-0.25, -0.2) is 4.79 Å². The third kappa shape index (κ3) is 5.50. The summed E-state index contributed by atoms with van der Waals surface area (Å²) in [7, 11) is 0. The number of benzene rings is 3. The van der Waals surface area contributed by atoms with Crippen LogP contribution in [0.15, 0.2) is 78.9 Å². The van der Waals surface area contributed by atoms with E-state index in [2.05, 4.69) is 49.6 Å². The first kappa shape index (κ1) is 22.6. The Morgan fingerprint density at radius 1 is 0.886 bits per heavy atom. The van der Waals surface area contributed by atoms with Gasteiger partial charge in [-0.15, -0.1) is 0 Å². The highest BCUT2D eigenvalue weighted by Gasteiger charge is 2.18. The van der Waals surface area contributed by atoms with E-state index < -0.39 is 11.9 Å². The van der Waals surface area contributed by atoms with Crippen LogP contribution in [0.3, 0.4) is 0 Å². The number of fused-ring (bicyclic) bond motifs is 1. The maximum Gasteiger partial charge on any atom is 0.359 e. The number of anilines is 2. The number of aromatic amines is 1. The lowest BCUT2D eigenvalue weighted by Gasteiger charge is -2.36. The van der Waals surface area contributed by atoms with Gasteiger partial charge in [0.15, 0.2) is 12.3 Å². The molecule has 0 unspecified atom stereocenters. The van der Waals surface area contributed by atoms with Crippen LogP contribution < -0.4 is 10.2 Å². The largest absolute Gasteiger partial charge is 0.451 e. The summed E-state index contributed by atoms with van der Waals surface area (Å²) in [5, 5.41) is 10.2. The van der Waals surface area contributed by atoms with Gasteiger partial charge in [-0.2, -0.15) is 5.10 Å².